The van der Waals surface area contributed by atoms with Crippen LogP contribution in [0.1, 0.15) is 40.0 Å². The molecule has 1 rings (SSSR count). The largest absolute Gasteiger partial charge is 0.480 e. The zero-order valence-electron chi connectivity index (χ0n) is 13.7. The second kappa shape index (κ2) is 8.95. The van der Waals surface area contributed by atoms with Crippen molar-refractivity contribution < 1.29 is 19.8 Å². The summed E-state index contributed by atoms with van der Waals surface area (Å²) in [6.07, 6.45) is 2.27. The first-order valence-electron chi connectivity index (χ1n) is 7.99. The Balaban J connectivity index is 2.29. The molecule has 0 bridgehead atoms. The van der Waals surface area contributed by atoms with Crippen LogP contribution in [-0.2, 0) is 4.79 Å². The quantitative estimate of drug-likeness (QED) is 0.500. The molecule has 0 aromatic heterocycles. The van der Waals surface area contributed by atoms with Gasteiger partial charge in [-0.05, 0) is 31.7 Å². The number of rotatable bonds is 9. The van der Waals surface area contributed by atoms with Crippen LogP contribution >= 0.6 is 0 Å². The second-order valence-electron chi connectivity index (χ2n) is 6.41. The predicted octanol–water partition coefficient (Wildman–Crippen LogP) is 0.630. The van der Waals surface area contributed by atoms with Gasteiger partial charge in [0.05, 0.1) is 19.2 Å². The van der Waals surface area contributed by atoms with Gasteiger partial charge in [0, 0.05) is 12.1 Å². The highest BCUT2D eigenvalue weighted by atomic mass is 16.4. The number of carbonyl (C=O) groups excluding carboxylic acids is 1. The van der Waals surface area contributed by atoms with Crippen LogP contribution in [-0.4, -0.2) is 64.9 Å². The molecule has 7 nitrogen and oxygen atoms in total. The van der Waals surface area contributed by atoms with E-state index < -0.39 is 5.97 Å². The molecule has 2 amide bonds. The van der Waals surface area contributed by atoms with Crippen molar-refractivity contribution in [2.24, 2.45) is 5.92 Å². The fourth-order valence-electron chi connectivity index (χ4n) is 2.84. The molecule has 0 aromatic rings. The molecule has 0 saturated heterocycles. The molecule has 7 heteroatoms. The summed E-state index contributed by atoms with van der Waals surface area (Å²) < 4.78 is 0. The molecule has 1 saturated carbocycles. The minimum Gasteiger partial charge on any atom is -0.480 e. The number of nitrogens with zero attached hydrogens (tertiary/aromatic N) is 1. The molecule has 0 radical (unpaired) electrons. The summed E-state index contributed by atoms with van der Waals surface area (Å²) in [5.41, 5.74) is 0. The van der Waals surface area contributed by atoms with Gasteiger partial charge in [-0.2, -0.15) is 0 Å². The predicted molar refractivity (Wildman–Crippen MR) is 83.7 cm³/mol. The first-order valence-corrected chi connectivity index (χ1v) is 7.99. The Morgan fingerprint density at radius 2 is 1.95 bits per heavy atom. The van der Waals surface area contributed by atoms with Crippen molar-refractivity contribution >= 4 is 12.0 Å². The molecule has 1 fully saturated rings. The molecule has 1 aliphatic rings. The van der Waals surface area contributed by atoms with Gasteiger partial charge in [0.1, 0.15) is 0 Å². The van der Waals surface area contributed by atoms with Gasteiger partial charge in [-0.15, -0.1) is 0 Å². The summed E-state index contributed by atoms with van der Waals surface area (Å²) in [4.78, 5) is 24.6. The Kier molecular flexibility index (Phi) is 7.61. The smallest absolute Gasteiger partial charge is 0.317 e. The Morgan fingerprint density at radius 1 is 1.32 bits per heavy atom. The number of likely N-dealkylation sites (N-methyl/N-ethyl adjacent to an activating group) is 1. The zero-order valence-corrected chi connectivity index (χ0v) is 13.7. The first-order chi connectivity index (χ1) is 10.3. The van der Waals surface area contributed by atoms with Gasteiger partial charge in [0.15, 0.2) is 0 Å². The van der Waals surface area contributed by atoms with E-state index in [2.05, 4.69) is 10.6 Å². The summed E-state index contributed by atoms with van der Waals surface area (Å²) in [5, 5.41) is 23.8. The molecule has 0 aromatic carbocycles. The molecular formula is C15H29N3O4. The fraction of sp³-hybridized carbons (Fsp3) is 0.867. The van der Waals surface area contributed by atoms with Crippen LogP contribution in [0.2, 0.25) is 0 Å². The number of nitrogens with one attached hydrogen (secondary N) is 2. The number of amides is 2. The van der Waals surface area contributed by atoms with Crippen molar-refractivity contribution in [3.8, 4) is 0 Å². The van der Waals surface area contributed by atoms with Gasteiger partial charge in [0.2, 0.25) is 0 Å². The maximum absolute atomic E-state index is 11.9. The lowest BCUT2D eigenvalue weighted by Gasteiger charge is -2.42. The molecule has 4 N–H and O–H groups in total. The van der Waals surface area contributed by atoms with Crippen LogP contribution in [0, 0.1) is 5.92 Å². The monoisotopic (exact) mass is 315 g/mol. The van der Waals surface area contributed by atoms with Crippen molar-refractivity contribution in [3.05, 3.63) is 0 Å². The highest BCUT2D eigenvalue weighted by Crippen LogP contribution is 2.25. The summed E-state index contributed by atoms with van der Waals surface area (Å²) in [7, 11) is 0. The highest BCUT2D eigenvalue weighted by Gasteiger charge is 2.34. The van der Waals surface area contributed by atoms with E-state index in [0.717, 1.165) is 19.3 Å². The summed E-state index contributed by atoms with van der Waals surface area (Å²) >= 11 is 0. The van der Waals surface area contributed by atoms with E-state index in [1.54, 1.807) is 0 Å². The molecule has 22 heavy (non-hydrogen) atoms. The number of urea groups is 1. The van der Waals surface area contributed by atoms with E-state index >= 15 is 0 Å². The Morgan fingerprint density at radius 3 is 2.41 bits per heavy atom. The van der Waals surface area contributed by atoms with Crippen molar-refractivity contribution in [1.82, 2.24) is 15.5 Å². The van der Waals surface area contributed by atoms with E-state index in [9.17, 15) is 14.7 Å². The maximum Gasteiger partial charge on any atom is 0.317 e. The topological polar surface area (TPSA) is 102 Å². The third kappa shape index (κ3) is 6.19. The highest BCUT2D eigenvalue weighted by molar-refractivity contribution is 5.74. The van der Waals surface area contributed by atoms with E-state index in [0.29, 0.717) is 12.5 Å². The van der Waals surface area contributed by atoms with E-state index in [4.69, 9.17) is 5.11 Å². The van der Waals surface area contributed by atoms with Crippen molar-refractivity contribution in [1.29, 1.82) is 0 Å². The number of hydrogen-bond acceptors (Lipinski definition) is 4. The van der Waals surface area contributed by atoms with Gasteiger partial charge >= 0.3 is 12.0 Å². The minimum atomic E-state index is -0.824. The summed E-state index contributed by atoms with van der Waals surface area (Å²) in [6.45, 7) is 6.69. The number of carbonyl (C=O) groups is 2. The second-order valence-corrected chi connectivity index (χ2v) is 6.41. The van der Waals surface area contributed by atoms with Crippen LogP contribution in [0.4, 0.5) is 4.79 Å². The van der Waals surface area contributed by atoms with Gasteiger partial charge in [-0.25, -0.2) is 4.79 Å². The SMILES string of the molecule is CCN(CC(=O)O)C1CC(NC(=O)NC(CO)CC(C)C)C1. The average molecular weight is 315 g/mol. The number of aliphatic carboxylic acids is 1. The normalized spacial score (nSPS) is 22.3. The lowest BCUT2D eigenvalue weighted by atomic mass is 9.85. The molecule has 128 valence electrons. The number of carboxylic acid groups (broad SMARTS) is 1. The lowest BCUT2D eigenvalue weighted by molar-refractivity contribution is -0.139. The van der Waals surface area contributed by atoms with Crippen molar-refractivity contribution in [2.75, 3.05) is 19.7 Å². The fourth-order valence-corrected chi connectivity index (χ4v) is 2.84. The first kappa shape index (κ1) is 18.7. The lowest BCUT2D eigenvalue weighted by Crippen LogP contribution is -2.57. The summed E-state index contributed by atoms with van der Waals surface area (Å²) in [6, 6.07) is -0.193. The van der Waals surface area contributed by atoms with Crippen molar-refractivity contribution in [3.63, 3.8) is 0 Å². The standard InChI is InChI=1S/C15H29N3O4/c1-4-18(8-14(20)21)13-6-11(7-13)16-15(22)17-12(9-19)5-10(2)3/h10-13,19H,4-9H2,1-3H3,(H,20,21)(H2,16,17,22). The zero-order chi connectivity index (χ0) is 16.7. The molecule has 1 unspecified atom stereocenters. The van der Waals surface area contributed by atoms with E-state index in [-0.39, 0.29) is 37.3 Å². The summed E-state index contributed by atoms with van der Waals surface area (Å²) in [5.74, 6) is -0.421. The number of aliphatic hydroxyl groups excluding tert-OH is 1. The van der Waals surface area contributed by atoms with Gasteiger partial charge in [-0.1, -0.05) is 20.8 Å². The van der Waals surface area contributed by atoms with Gasteiger partial charge in [0.25, 0.3) is 0 Å². The number of hydrogen-bond donors (Lipinski definition) is 4. The number of carboxylic acids is 1. The van der Waals surface area contributed by atoms with Crippen LogP contribution < -0.4 is 10.6 Å². The van der Waals surface area contributed by atoms with Gasteiger partial charge in [-0.3, -0.25) is 9.69 Å². The third-order valence-corrected chi connectivity index (χ3v) is 4.02. The Hall–Kier alpha value is -1.34. The Bertz CT molecular complexity index is 370. The molecule has 0 heterocycles. The van der Waals surface area contributed by atoms with E-state index in [1.807, 2.05) is 25.7 Å². The Labute approximate surface area is 132 Å². The number of aliphatic hydroxyl groups is 1. The molecule has 1 aliphatic carbocycles. The van der Waals surface area contributed by atoms with Crippen molar-refractivity contribution in [2.45, 2.75) is 58.2 Å². The average Bonchev–Trinajstić information content (AvgIpc) is 2.38. The van der Waals surface area contributed by atoms with Crippen LogP contribution in [0.5, 0.6) is 0 Å². The molecule has 0 aliphatic heterocycles. The van der Waals surface area contributed by atoms with Gasteiger partial charge < -0.3 is 20.8 Å². The van der Waals surface area contributed by atoms with Crippen LogP contribution in [0.3, 0.4) is 0 Å². The maximum atomic E-state index is 11.9. The molecular weight excluding hydrogens is 286 g/mol. The van der Waals surface area contributed by atoms with E-state index in [1.165, 1.54) is 0 Å². The van der Waals surface area contributed by atoms with Crippen LogP contribution in [0.25, 0.3) is 0 Å². The molecule has 1 atom stereocenters. The minimum absolute atomic E-state index is 0.0427. The van der Waals surface area contributed by atoms with Crippen LogP contribution in [0.15, 0.2) is 0 Å². The third-order valence-electron chi connectivity index (χ3n) is 4.02. The molecule has 0 spiro atoms.